The summed E-state index contributed by atoms with van der Waals surface area (Å²) in [4.78, 5) is 0. The first-order valence-corrected chi connectivity index (χ1v) is 16.0. The highest BCUT2D eigenvalue weighted by molar-refractivity contribution is 6.62. The second-order valence-electron chi connectivity index (χ2n) is 13.3. The highest BCUT2D eigenvalue weighted by atomic mass is 16.7. The van der Waals surface area contributed by atoms with Gasteiger partial charge < -0.3 is 13.9 Å². The van der Waals surface area contributed by atoms with Crippen molar-refractivity contribution in [3.63, 3.8) is 0 Å². The zero-order chi connectivity index (χ0) is 31.5. The van der Waals surface area contributed by atoms with Crippen LogP contribution in [-0.2, 0) is 9.31 Å². The lowest BCUT2D eigenvalue weighted by Crippen LogP contribution is -2.41. The highest BCUT2D eigenvalue weighted by Crippen LogP contribution is 2.38. The van der Waals surface area contributed by atoms with Crippen LogP contribution in [0.4, 0.5) is 0 Å². The van der Waals surface area contributed by atoms with Gasteiger partial charge in [0, 0.05) is 16.5 Å². The van der Waals surface area contributed by atoms with Crippen molar-refractivity contribution in [2.45, 2.75) is 38.9 Å². The number of fused-ring (bicyclic) bond motifs is 3. The Bertz CT molecular complexity index is 2200. The molecule has 0 radical (unpaired) electrons. The fraction of sp³-hybridized carbons (Fsp3) is 0.143. The maximum Gasteiger partial charge on any atom is 0.494 e. The minimum atomic E-state index is -0.364. The van der Waals surface area contributed by atoms with Gasteiger partial charge in [-0.25, -0.2) is 0 Å². The number of rotatable bonds is 5. The van der Waals surface area contributed by atoms with Crippen LogP contribution in [-0.4, -0.2) is 22.9 Å². The van der Waals surface area contributed by atoms with Crippen molar-refractivity contribution in [3.8, 4) is 39.1 Å². The topological polar surface area (TPSA) is 23.4 Å². The van der Waals surface area contributed by atoms with Gasteiger partial charge in [0.25, 0.3) is 0 Å². The van der Waals surface area contributed by atoms with Gasteiger partial charge >= 0.3 is 7.12 Å². The number of hydrogen-bond acceptors (Lipinski definition) is 2. The van der Waals surface area contributed by atoms with Crippen LogP contribution in [0.2, 0.25) is 0 Å². The maximum absolute atomic E-state index is 6.28. The lowest BCUT2D eigenvalue weighted by Gasteiger charge is -2.32. The molecular formula is C42H36BNO2. The van der Waals surface area contributed by atoms with Gasteiger partial charge in [-0.1, -0.05) is 115 Å². The minimum absolute atomic E-state index is 0.359. The van der Waals surface area contributed by atoms with Crippen molar-refractivity contribution in [2.24, 2.45) is 0 Å². The molecule has 0 atom stereocenters. The van der Waals surface area contributed by atoms with Crippen molar-refractivity contribution in [1.82, 2.24) is 4.57 Å². The fourth-order valence-electron chi connectivity index (χ4n) is 6.57. The van der Waals surface area contributed by atoms with Crippen LogP contribution in [0.3, 0.4) is 0 Å². The van der Waals surface area contributed by atoms with Crippen LogP contribution >= 0.6 is 0 Å². The quantitative estimate of drug-likeness (QED) is 0.184. The van der Waals surface area contributed by atoms with Gasteiger partial charge in [-0.3, -0.25) is 0 Å². The van der Waals surface area contributed by atoms with Crippen LogP contribution < -0.4 is 5.46 Å². The van der Waals surface area contributed by atoms with Crippen LogP contribution in [0.15, 0.2) is 146 Å². The predicted octanol–water partition coefficient (Wildman–Crippen LogP) is 10.1. The summed E-state index contributed by atoms with van der Waals surface area (Å²) in [6.07, 6.45) is 0. The Hall–Kier alpha value is -4.90. The van der Waals surface area contributed by atoms with E-state index in [-0.39, 0.29) is 18.3 Å². The summed E-state index contributed by atoms with van der Waals surface area (Å²) in [5, 5.41) is 2.50. The molecule has 0 unspecified atom stereocenters. The number of para-hydroxylation sites is 1. The normalized spacial score (nSPS) is 15.5. The molecule has 1 fully saturated rings. The van der Waals surface area contributed by atoms with Gasteiger partial charge in [0.05, 0.1) is 22.2 Å². The van der Waals surface area contributed by atoms with Gasteiger partial charge in [-0.05, 0) is 96.9 Å². The summed E-state index contributed by atoms with van der Waals surface area (Å²) in [6.45, 7) is 8.36. The Morgan fingerprint density at radius 1 is 0.435 bits per heavy atom. The first-order valence-electron chi connectivity index (χ1n) is 16.0. The summed E-state index contributed by atoms with van der Waals surface area (Å²) in [5.41, 5.74) is 11.0. The molecule has 2 heterocycles. The first kappa shape index (κ1) is 28.6. The van der Waals surface area contributed by atoms with E-state index in [2.05, 4.69) is 178 Å². The van der Waals surface area contributed by atoms with Gasteiger partial charge in [0.1, 0.15) is 0 Å². The molecule has 1 aliphatic rings. The summed E-state index contributed by atoms with van der Waals surface area (Å²) in [6, 6.07) is 52.4. The van der Waals surface area contributed by atoms with Crippen molar-refractivity contribution in [1.29, 1.82) is 0 Å². The lowest BCUT2D eigenvalue weighted by molar-refractivity contribution is 0.00578. The van der Waals surface area contributed by atoms with E-state index in [1.807, 2.05) is 0 Å². The third kappa shape index (κ3) is 4.86. The van der Waals surface area contributed by atoms with Gasteiger partial charge in [-0.2, -0.15) is 0 Å². The molecule has 8 rings (SSSR count). The lowest BCUT2D eigenvalue weighted by atomic mass is 9.78. The monoisotopic (exact) mass is 597 g/mol. The zero-order valence-electron chi connectivity index (χ0n) is 26.7. The molecule has 0 amide bonds. The van der Waals surface area contributed by atoms with Gasteiger partial charge in [0.2, 0.25) is 0 Å². The Kier molecular flexibility index (Phi) is 6.75. The molecular weight excluding hydrogens is 561 g/mol. The zero-order valence-corrected chi connectivity index (χ0v) is 26.7. The van der Waals surface area contributed by atoms with Crippen molar-refractivity contribution in [2.75, 3.05) is 0 Å². The summed E-state index contributed by atoms with van der Waals surface area (Å²) >= 11 is 0. The molecule has 0 saturated carbocycles. The van der Waals surface area contributed by atoms with E-state index < -0.39 is 0 Å². The molecule has 1 saturated heterocycles. The van der Waals surface area contributed by atoms with Gasteiger partial charge in [-0.15, -0.1) is 0 Å². The molecule has 0 spiro atoms. The molecule has 4 heteroatoms. The van der Waals surface area contributed by atoms with E-state index in [4.69, 9.17) is 9.31 Å². The second-order valence-corrected chi connectivity index (χ2v) is 13.3. The number of hydrogen-bond donors (Lipinski definition) is 0. The number of nitrogens with zero attached hydrogens (tertiary/aromatic N) is 1. The molecule has 224 valence electrons. The Morgan fingerprint density at radius 2 is 0.957 bits per heavy atom. The average molecular weight is 598 g/mol. The van der Waals surface area contributed by atoms with Gasteiger partial charge in [0.15, 0.2) is 0 Å². The van der Waals surface area contributed by atoms with E-state index >= 15 is 0 Å². The standard InChI is InChI=1S/C42H36BNO2/c1-41(2)42(3,4)46-43(45-41)35-23-20-30(21-24-35)31-14-10-15-32(26-31)34-22-25-38-37-18-8-9-19-39(37)44(40(38)28-34)36-17-11-16-33(27-36)29-12-6-5-7-13-29/h5-28H,1-4H3. The van der Waals surface area contributed by atoms with E-state index in [0.29, 0.717) is 0 Å². The smallest absolute Gasteiger partial charge is 0.399 e. The van der Waals surface area contributed by atoms with E-state index in [1.165, 1.54) is 49.6 Å². The maximum atomic E-state index is 6.28. The molecule has 0 N–H and O–H groups in total. The fourth-order valence-corrected chi connectivity index (χ4v) is 6.57. The van der Waals surface area contributed by atoms with Crippen molar-refractivity contribution < 1.29 is 9.31 Å². The molecule has 7 aromatic rings. The summed E-state index contributed by atoms with van der Waals surface area (Å²) in [5.74, 6) is 0. The number of benzene rings is 6. The molecule has 46 heavy (non-hydrogen) atoms. The molecule has 1 aliphatic heterocycles. The Morgan fingerprint density at radius 3 is 1.70 bits per heavy atom. The molecule has 0 bridgehead atoms. The van der Waals surface area contributed by atoms with E-state index in [0.717, 1.165) is 16.7 Å². The second kappa shape index (κ2) is 10.9. The SMILES string of the molecule is CC1(C)OB(c2ccc(-c3cccc(-c4ccc5c6ccccc6n(-c6cccc(-c7ccccc7)c6)c5c4)c3)cc2)OC1(C)C. The first-order chi connectivity index (χ1) is 22.3. The van der Waals surface area contributed by atoms with Crippen LogP contribution in [0.25, 0.3) is 60.9 Å². The largest absolute Gasteiger partial charge is 0.494 e. The minimum Gasteiger partial charge on any atom is -0.399 e. The summed E-state index contributed by atoms with van der Waals surface area (Å²) in [7, 11) is -0.364. The van der Waals surface area contributed by atoms with E-state index in [9.17, 15) is 0 Å². The highest BCUT2D eigenvalue weighted by Gasteiger charge is 2.51. The van der Waals surface area contributed by atoms with Crippen molar-refractivity contribution >= 4 is 34.4 Å². The van der Waals surface area contributed by atoms with E-state index in [1.54, 1.807) is 0 Å². The third-order valence-electron chi connectivity index (χ3n) is 9.85. The average Bonchev–Trinajstić information content (AvgIpc) is 3.53. The molecule has 3 nitrogen and oxygen atoms in total. The Labute approximate surface area is 271 Å². The Balaban J connectivity index is 1.17. The molecule has 6 aromatic carbocycles. The molecule has 0 aliphatic carbocycles. The number of aromatic nitrogens is 1. The summed E-state index contributed by atoms with van der Waals surface area (Å²) < 4.78 is 15.0. The third-order valence-corrected chi connectivity index (χ3v) is 9.85. The predicted molar refractivity (Wildman–Crippen MR) is 193 cm³/mol. The van der Waals surface area contributed by atoms with Crippen LogP contribution in [0.5, 0.6) is 0 Å². The van der Waals surface area contributed by atoms with Crippen LogP contribution in [0, 0.1) is 0 Å². The van der Waals surface area contributed by atoms with Crippen LogP contribution in [0.1, 0.15) is 27.7 Å². The van der Waals surface area contributed by atoms with Crippen molar-refractivity contribution in [3.05, 3.63) is 146 Å². The molecule has 1 aromatic heterocycles.